The van der Waals surface area contributed by atoms with E-state index in [1.54, 1.807) is 38.5 Å². The third-order valence-electron chi connectivity index (χ3n) is 2.84. The van der Waals surface area contributed by atoms with Gasteiger partial charge in [0.15, 0.2) is 5.15 Å². The van der Waals surface area contributed by atoms with Gasteiger partial charge in [-0.15, -0.1) is 0 Å². The normalized spacial score (nSPS) is 10.4. The largest absolute Gasteiger partial charge is 0.294 e. The van der Waals surface area contributed by atoms with Crippen LogP contribution in [0.15, 0.2) is 30.7 Å². The molecule has 1 amide bonds. The second kappa shape index (κ2) is 6.37. The summed E-state index contributed by atoms with van der Waals surface area (Å²) in [4.78, 5) is 17.5. The van der Waals surface area contributed by atoms with E-state index in [0.717, 1.165) is 5.69 Å². The van der Waals surface area contributed by atoms with E-state index in [1.807, 2.05) is 12.1 Å². The van der Waals surface area contributed by atoms with Crippen LogP contribution in [-0.2, 0) is 4.79 Å². The highest BCUT2D eigenvalue weighted by molar-refractivity contribution is 6.32. The molecule has 0 saturated carbocycles. The minimum absolute atomic E-state index is 0.0739. The van der Waals surface area contributed by atoms with Crippen LogP contribution in [-0.4, -0.2) is 27.2 Å². The molecule has 0 atom stereocenters. The lowest BCUT2D eigenvalue weighted by Crippen LogP contribution is -2.34. The van der Waals surface area contributed by atoms with E-state index < -0.39 is 0 Å². The van der Waals surface area contributed by atoms with Crippen LogP contribution in [0.1, 0.15) is 13.8 Å². The number of hydrogen-bond donors (Lipinski definition) is 0. The molecule has 2 heterocycles. The standard InChI is InChI=1S/C14H14ClN5O/c1-10(2)14(21)19(7-5-16)12-9-20(18-13(12)15)11-4-3-6-17-8-11/h3-4,6,8-10H,7H2,1-2H3. The Balaban J connectivity index is 2.41. The Morgan fingerprint density at radius 1 is 1.57 bits per heavy atom. The van der Waals surface area contributed by atoms with Gasteiger partial charge in [-0.2, -0.15) is 10.4 Å². The predicted octanol–water partition coefficient (Wildman–Crippen LogP) is 2.43. The van der Waals surface area contributed by atoms with Gasteiger partial charge >= 0.3 is 0 Å². The van der Waals surface area contributed by atoms with Gasteiger partial charge < -0.3 is 0 Å². The molecule has 0 radical (unpaired) electrons. The van der Waals surface area contributed by atoms with Gasteiger partial charge in [-0.25, -0.2) is 4.68 Å². The SMILES string of the molecule is CC(C)C(=O)N(CC#N)c1cn(-c2cccnc2)nc1Cl. The van der Waals surface area contributed by atoms with Crippen LogP contribution in [0.2, 0.25) is 5.15 Å². The molecule has 108 valence electrons. The van der Waals surface area contributed by atoms with Gasteiger partial charge in [-0.05, 0) is 12.1 Å². The summed E-state index contributed by atoms with van der Waals surface area (Å²) < 4.78 is 1.53. The fraction of sp³-hybridized carbons (Fsp3) is 0.286. The number of aromatic nitrogens is 3. The first-order valence-corrected chi connectivity index (χ1v) is 6.76. The molecule has 0 unspecified atom stereocenters. The van der Waals surface area contributed by atoms with E-state index in [-0.39, 0.29) is 23.5 Å². The van der Waals surface area contributed by atoms with Crippen molar-refractivity contribution in [2.75, 3.05) is 11.4 Å². The molecule has 6 nitrogen and oxygen atoms in total. The Bertz CT molecular complexity index is 674. The number of nitrogens with zero attached hydrogens (tertiary/aromatic N) is 5. The van der Waals surface area contributed by atoms with Crippen molar-refractivity contribution in [3.63, 3.8) is 0 Å². The lowest BCUT2D eigenvalue weighted by Gasteiger charge is -2.20. The van der Waals surface area contributed by atoms with E-state index in [1.165, 1.54) is 9.58 Å². The van der Waals surface area contributed by atoms with Crippen LogP contribution >= 0.6 is 11.6 Å². The molecular weight excluding hydrogens is 290 g/mol. The molecule has 0 bridgehead atoms. The van der Waals surface area contributed by atoms with E-state index >= 15 is 0 Å². The highest BCUT2D eigenvalue weighted by Gasteiger charge is 2.23. The minimum atomic E-state index is -0.240. The van der Waals surface area contributed by atoms with Crippen molar-refractivity contribution < 1.29 is 4.79 Å². The molecule has 0 aromatic carbocycles. The highest BCUT2D eigenvalue weighted by atomic mass is 35.5. The van der Waals surface area contributed by atoms with Gasteiger partial charge in [0.1, 0.15) is 12.2 Å². The van der Waals surface area contributed by atoms with Crippen molar-refractivity contribution in [1.82, 2.24) is 14.8 Å². The number of carbonyl (C=O) groups excluding carboxylic acids is 1. The van der Waals surface area contributed by atoms with Crippen molar-refractivity contribution in [1.29, 1.82) is 5.26 Å². The number of anilines is 1. The maximum atomic E-state index is 12.2. The first-order valence-electron chi connectivity index (χ1n) is 6.38. The van der Waals surface area contributed by atoms with Gasteiger partial charge in [0, 0.05) is 12.1 Å². The first kappa shape index (κ1) is 15.0. The molecule has 0 aliphatic heterocycles. The van der Waals surface area contributed by atoms with Gasteiger partial charge in [-0.1, -0.05) is 25.4 Å². The topological polar surface area (TPSA) is 74.8 Å². The smallest absolute Gasteiger partial charge is 0.230 e. The quantitative estimate of drug-likeness (QED) is 0.813. The van der Waals surface area contributed by atoms with Crippen molar-refractivity contribution in [2.24, 2.45) is 5.92 Å². The van der Waals surface area contributed by atoms with E-state index in [0.29, 0.717) is 5.69 Å². The molecule has 2 rings (SSSR count). The van der Waals surface area contributed by atoms with E-state index in [4.69, 9.17) is 16.9 Å². The first-order chi connectivity index (χ1) is 10.0. The Morgan fingerprint density at radius 2 is 2.33 bits per heavy atom. The summed E-state index contributed by atoms with van der Waals surface area (Å²) >= 11 is 6.12. The monoisotopic (exact) mass is 303 g/mol. The van der Waals surface area contributed by atoms with Gasteiger partial charge in [-0.3, -0.25) is 14.7 Å². The lowest BCUT2D eigenvalue weighted by molar-refractivity contribution is -0.121. The van der Waals surface area contributed by atoms with Crippen LogP contribution < -0.4 is 4.90 Å². The molecule has 0 saturated heterocycles. The number of halogens is 1. The number of nitriles is 1. The molecule has 0 aliphatic carbocycles. The van der Waals surface area contributed by atoms with Gasteiger partial charge in [0.2, 0.25) is 5.91 Å². The molecule has 0 fully saturated rings. The second-order valence-electron chi connectivity index (χ2n) is 4.70. The summed E-state index contributed by atoms with van der Waals surface area (Å²) in [6.45, 7) is 3.47. The Kier molecular flexibility index (Phi) is 4.55. The molecule has 0 N–H and O–H groups in total. The van der Waals surface area contributed by atoms with Gasteiger partial charge in [0.05, 0.1) is 24.2 Å². The number of pyridine rings is 1. The summed E-state index contributed by atoms with van der Waals surface area (Å²) in [5.41, 5.74) is 1.14. The summed E-state index contributed by atoms with van der Waals surface area (Å²) in [7, 11) is 0. The summed E-state index contributed by atoms with van der Waals surface area (Å²) in [6, 6.07) is 5.57. The zero-order valence-corrected chi connectivity index (χ0v) is 12.4. The molecule has 0 aliphatic rings. The number of hydrogen-bond acceptors (Lipinski definition) is 4. The molecule has 7 heteroatoms. The van der Waals surface area contributed by atoms with Crippen LogP contribution in [0.5, 0.6) is 0 Å². The Morgan fingerprint density at radius 3 is 2.90 bits per heavy atom. The van der Waals surface area contributed by atoms with Crippen LogP contribution in [0, 0.1) is 17.2 Å². The Hall–Kier alpha value is -2.39. The second-order valence-corrected chi connectivity index (χ2v) is 5.06. The number of carbonyl (C=O) groups is 1. The van der Waals surface area contributed by atoms with Crippen LogP contribution in [0.3, 0.4) is 0 Å². The third-order valence-corrected chi connectivity index (χ3v) is 3.11. The highest BCUT2D eigenvalue weighted by Crippen LogP contribution is 2.26. The molecule has 21 heavy (non-hydrogen) atoms. The summed E-state index contributed by atoms with van der Waals surface area (Å²) in [5.74, 6) is -0.416. The third kappa shape index (κ3) is 3.20. The van der Waals surface area contributed by atoms with E-state index in [9.17, 15) is 4.79 Å². The molecule has 2 aromatic rings. The Labute approximate surface area is 127 Å². The number of amides is 1. The van der Waals surface area contributed by atoms with Crippen molar-refractivity contribution in [3.8, 4) is 11.8 Å². The lowest BCUT2D eigenvalue weighted by atomic mass is 10.2. The van der Waals surface area contributed by atoms with Crippen LogP contribution in [0.25, 0.3) is 5.69 Å². The molecule has 2 aromatic heterocycles. The summed E-state index contributed by atoms with van der Waals surface area (Å²) in [6.07, 6.45) is 4.91. The van der Waals surface area contributed by atoms with Crippen molar-refractivity contribution in [2.45, 2.75) is 13.8 Å². The predicted molar refractivity (Wildman–Crippen MR) is 79.2 cm³/mol. The molecular formula is C14H14ClN5O. The minimum Gasteiger partial charge on any atom is -0.294 e. The van der Waals surface area contributed by atoms with E-state index in [2.05, 4.69) is 10.1 Å². The molecule has 0 spiro atoms. The maximum absolute atomic E-state index is 12.2. The van der Waals surface area contributed by atoms with Crippen LogP contribution in [0.4, 0.5) is 5.69 Å². The summed E-state index contributed by atoms with van der Waals surface area (Å²) in [5, 5.41) is 13.3. The average molecular weight is 304 g/mol. The fourth-order valence-electron chi connectivity index (χ4n) is 1.81. The van der Waals surface area contributed by atoms with Gasteiger partial charge in [0.25, 0.3) is 0 Å². The zero-order chi connectivity index (χ0) is 15.4. The number of rotatable bonds is 4. The van der Waals surface area contributed by atoms with Crippen molar-refractivity contribution >= 4 is 23.2 Å². The average Bonchev–Trinajstić information content (AvgIpc) is 2.86. The maximum Gasteiger partial charge on any atom is 0.230 e. The zero-order valence-electron chi connectivity index (χ0n) is 11.7. The fourth-order valence-corrected chi connectivity index (χ4v) is 2.04. The van der Waals surface area contributed by atoms with Crippen molar-refractivity contribution in [3.05, 3.63) is 35.9 Å².